The van der Waals surface area contributed by atoms with Crippen LogP contribution >= 0.6 is 11.6 Å². The molecule has 0 heterocycles. The number of aliphatic hydroxyl groups is 1. The molecular formula is C13H17ClO2. The van der Waals surface area contributed by atoms with Gasteiger partial charge >= 0.3 is 0 Å². The van der Waals surface area contributed by atoms with E-state index in [0.29, 0.717) is 17.9 Å². The summed E-state index contributed by atoms with van der Waals surface area (Å²) in [6.07, 6.45) is 5.86. The quantitative estimate of drug-likeness (QED) is 0.853. The zero-order chi connectivity index (χ0) is 11.5. The molecule has 0 aromatic heterocycles. The number of benzene rings is 1. The van der Waals surface area contributed by atoms with Crippen molar-refractivity contribution in [2.45, 2.75) is 38.5 Å². The molecule has 0 radical (unpaired) electrons. The third-order valence-electron chi connectivity index (χ3n) is 3.27. The van der Waals surface area contributed by atoms with Crippen LogP contribution in [0.4, 0.5) is 0 Å². The van der Waals surface area contributed by atoms with Gasteiger partial charge in [-0.2, -0.15) is 0 Å². The van der Waals surface area contributed by atoms with E-state index in [1.54, 1.807) is 0 Å². The summed E-state index contributed by atoms with van der Waals surface area (Å²) in [6, 6.07) is 1.90. The standard InChI is InChI=1S/C13H17ClO2/c14-12-8-9-4-1-2-5-10(9)11(13(12)16)6-3-7-15/h8,15-16H,1-7H2. The Labute approximate surface area is 101 Å². The Bertz CT molecular complexity index is 388. The van der Waals surface area contributed by atoms with Crippen molar-refractivity contribution >= 4 is 11.6 Å². The van der Waals surface area contributed by atoms with Gasteiger partial charge in [-0.25, -0.2) is 0 Å². The molecule has 1 aliphatic rings. The Morgan fingerprint density at radius 2 is 2.00 bits per heavy atom. The Morgan fingerprint density at radius 1 is 1.25 bits per heavy atom. The number of aliphatic hydroxyl groups excluding tert-OH is 1. The molecule has 0 aliphatic heterocycles. The van der Waals surface area contributed by atoms with Crippen molar-refractivity contribution in [2.75, 3.05) is 6.61 Å². The van der Waals surface area contributed by atoms with Crippen molar-refractivity contribution < 1.29 is 10.2 Å². The number of fused-ring (bicyclic) bond motifs is 1. The van der Waals surface area contributed by atoms with Gasteiger partial charge in [0, 0.05) is 6.61 Å². The number of hydrogen-bond donors (Lipinski definition) is 2. The highest BCUT2D eigenvalue weighted by molar-refractivity contribution is 6.32. The minimum Gasteiger partial charge on any atom is -0.506 e. The molecule has 3 heteroatoms. The first-order chi connectivity index (χ1) is 7.74. The van der Waals surface area contributed by atoms with E-state index in [1.807, 2.05) is 6.07 Å². The minimum absolute atomic E-state index is 0.153. The Kier molecular flexibility index (Phi) is 3.72. The first-order valence-electron chi connectivity index (χ1n) is 5.87. The average molecular weight is 241 g/mol. The first kappa shape index (κ1) is 11.7. The van der Waals surface area contributed by atoms with Gasteiger partial charge in [-0.15, -0.1) is 0 Å². The molecule has 0 fully saturated rings. The van der Waals surface area contributed by atoms with Crippen molar-refractivity contribution in [1.29, 1.82) is 0 Å². The molecule has 16 heavy (non-hydrogen) atoms. The molecule has 1 aromatic rings. The maximum Gasteiger partial charge on any atom is 0.137 e. The number of halogens is 1. The maximum atomic E-state index is 9.97. The van der Waals surface area contributed by atoms with E-state index in [4.69, 9.17) is 16.7 Å². The first-order valence-corrected chi connectivity index (χ1v) is 6.24. The van der Waals surface area contributed by atoms with Crippen LogP contribution in [0.15, 0.2) is 6.07 Å². The van der Waals surface area contributed by atoms with E-state index in [9.17, 15) is 5.11 Å². The summed E-state index contributed by atoms with van der Waals surface area (Å²) in [5, 5.41) is 19.3. The maximum absolute atomic E-state index is 9.97. The number of hydrogen-bond acceptors (Lipinski definition) is 2. The van der Waals surface area contributed by atoms with Crippen molar-refractivity contribution in [3.8, 4) is 5.75 Å². The van der Waals surface area contributed by atoms with E-state index >= 15 is 0 Å². The number of phenolic OH excluding ortho intramolecular Hbond substituents is 1. The van der Waals surface area contributed by atoms with Crippen molar-refractivity contribution in [3.05, 3.63) is 27.8 Å². The van der Waals surface area contributed by atoms with E-state index in [1.165, 1.54) is 24.0 Å². The Hall–Kier alpha value is -0.730. The van der Waals surface area contributed by atoms with Crippen LogP contribution in [-0.4, -0.2) is 16.8 Å². The number of rotatable bonds is 3. The molecule has 88 valence electrons. The average Bonchev–Trinajstić information content (AvgIpc) is 2.30. The van der Waals surface area contributed by atoms with Gasteiger partial charge in [0.25, 0.3) is 0 Å². The zero-order valence-corrected chi connectivity index (χ0v) is 10.1. The van der Waals surface area contributed by atoms with Gasteiger partial charge in [0.2, 0.25) is 0 Å². The summed E-state index contributed by atoms with van der Waals surface area (Å²) in [6.45, 7) is 0.153. The third-order valence-corrected chi connectivity index (χ3v) is 3.56. The summed E-state index contributed by atoms with van der Waals surface area (Å²) < 4.78 is 0. The molecule has 0 bridgehead atoms. The van der Waals surface area contributed by atoms with Crippen LogP contribution in [0.2, 0.25) is 5.02 Å². The summed E-state index contributed by atoms with van der Waals surface area (Å²) in [5.74, 6) is 0.218. The van der Waals surface area contributed by atoms with Crippen LogP contribution in [0.3, 0.4) is 0 Å². The predicted molar refractivity (Wildman–Crippen MR) is 65.2 cm³/mol. The van der Waals surface area contributed by atoms with Crippen LogP contribution in [0, 0.1) is 0 Å². The molecule has 0 saturated carbocycles. The van der Waals surface area contributed by atoms with E-state index < -0.39 is 0 Å². The second-order valence-corrected chi connectivity index (χ2v) is 4.76. The van der Waals surface area contributed by atoms with Crippen molar-refractivity contribution in [3.63, 3.8) is 0 Å². The molecule has 2 N–H and O–H groups in total. The predicted octanol–water partition coefficient (Wildman–Crippen LogP) is 2.85. The number of aryl methyl sites for hydroxylation is 1. The number of aromatic hydroxyl groups is 1. The SMILES string of the molecule is OCCCc1c(O)c(Cl)cc2c1CCCC2. The van der Waals surface area contributed by atoms with E-state index in [-0.39, 0.29) is 12.4 Å². The van der Waals surface area contributed by atoms with Gasteiger partial charge in [0.15, 0.2) is 0 Å². The smallest absolute Gasteiger partial charge is 0.137 e. The summed E-state index contributed by atoms with van der Waals surface area (Å²) in [5.41, 5.74) is 3.50. The molecule has 0 amide bonds. The summed E-state index contributed by atoms with van der Waals surface area (Å²) in [7, 11) is 0. The monoisotopic (exact) mass is 240 g/mol. The molecule has 1 aliphatic carbocycles. The normalized spacial score (nSPS) is 14.9. The lowest BCUT2D eigenvalue weighted by atomic mass is 9.86. The zero-order valence-electron chi connectivity index (χ0n) is 9.30. The van der Waals surface area contributed by atoms with Gasteiger partial charge in [-0.05, 0) is 61.3 Å². The molecule has 0 unspecified atom stereocenters. The summed E-state index contributed by atoms with van der Waals surface area (Å²) >= 11 is 6.02. The molecule has 0 saturated heterocycles. The molecular weight excluding hydrogens is 224 g/mol. The van der Waals surface area contributed by atoms with Gasteiger partial charge < -0.3 is 10.2 Å². The highest BCUT2D eigenvalue weighted by Crippen LogP contribution is 2.37. The fourth-order valence-corrected chi connectivity index (χ4v) is 2.71. The molecule has 1 aromatic carbocycles. The Morgan fingerprint density at radius 3 is 2.75 bits per heavy atom. The lowest BCUT2D eigenvalue weighted by Crippen LogP contribution is -2.07. The molecule has 2 rings (SSSR count). The van der Waals surface area contributed by atoms with E-state index in [0.717, 1.165) is 18.4 Å². The Balaban J connectivity index is 2.41. The molecule has 0 spiro atoms. The van der Waals surface area contributed by atoms with Crippen LogP contribution in [0.5, 0.6) is 5.75 Å². The van der Waals surface area contributed by atoms with Crippen LogP contribution in [0.25, 0.3) is 0 Å². The lowest BCUT2D eigenvalue weighted by Gasteiger charge is -2.21. The van der Waals surface area contributed by atoms with Gasteiger partial charge in [-0.3, -0.25) is 0 Å². The fraction of sp³-hybridized carbons (Fsp3) is 0.538. The molecule has 2 nitrogen and oxygen atoms in total. The van der Waals surface area contributed by atoms with Crippen LogP contribution in [-0.2, 0) is 19.3 Å². The molecule has 0 atom stereocenters. The third kappa shape index (κ3) is 2.18. The highest BCUT2D eigenvalue weighted by atomic mass is 35.5. The van der Waals surface area contributed by atoms with E-state index in [2.05, 4.69) is 0 Å². The van der Waals surface area contributed by atoms with Gasteiger partial charge in [0.05, 0.1) is 5.02 Å². The summed E-state index contributed by atoms with van der Waals surface area (Å²) in [4.78, 5) is 0. The topological polar surface area (TPSA) is 40.5 Å². The fourth-order valence-electron chi connectivity index (χ4n) is 2.47. The van der Waals surface area contributed by atoms with Gasteiger partial charge in [0.1, 0.15) is 5.75 Å². The lowest BCUT2D eigenvalue weighted by molar-refractivity contribution is 0.287. The van der Waals surface area contributed by atoms with Gasteiger partial charge in [-0.1, -0.05) is 11.6 Å². The minimum atomic E-state index is 0.153. The second-order valence-electron chi connectivity index (χ2n) is 4.36. The number of phenols is 1. The van der Waals surface area contributed by atoms with Crippen LogP contribution < -0.4 is 0 Å². The largest absolute Gasteiger partial charge is 0.506 e. The van der Waals surface area contributed by atoms with Crippen molar-refractivity contribution in [2.24, 2.45) is 0 Å². The van der Waals surface area contributed by atoms with Crippen LogP contribution in [0.1, 0.15) is 36.0 Å². The highest BCUT2D eigenvalue weighted by Gasteiger charge is 2.18. The second kappa shape index (κ2) is 5.07. The van der Waals surface area contributed by atoms with Crippen molar-refractivity contribution in [1.82, 2.24) is 0 Å².